The lowest BCUT2D eigenvalue weighted by atomic mass is 9.95. The number of H-pyrrole nitrogens is 1. The lowest BCUT2D eigenvalue weighted by Gasteiger charge is -2.47. The van der Waals surface area contributed by atoms with Crippen molar-refractivity contribution in [3.8, 4) is 17.1 Å². The van der Waals surface area contributed by atoms with E-state index in [1.807, 2.05) is 0 Å². The van der Waals surface area contributed by atoms with Gasteiger partial charge in [-0.05, 0) is 55.7 Å². The summed E-state index contributed by atoms with van der Waals surface area (Å²) in [6.45, 7) is -0.194. The highest BCUT2D eigenvalue weighted by Crippen LogP contribution is 2.33. The van der Waals surface area contributed by atoms with Gasteiger partial charge < -0.3 is 69.5 Å². The molecule has 2 amide bonds. The van der Waals surface area contributed by atoms with Gasteiger partial charge in [0.25, 0.3) is 5.56 Å². The Hall–Kier alpha value is -3.50. The Labute approximate surface area is 323 Å². The molecule has 18 nitrogen and oxygen atoms in total. The van der Waals surface area contributed by atoms with Crippen LogP contribution in [0.4, 0.5) is 4.79 Å². The third-order valence-corrected chi connectivity index (χ3v) is 10.2. The van der Waals surface area contributed by atoms with Crippen molar-refractivity contribution in [3.05, 3.63) is 56.8 Å². The molecule has 55 heavy (non-hydrogen) atoms. The van der Waals surface area contributed by atoms with E-state index in [-0.39, 0.29) is 29.1 Å². The molecular weight excluding hydrogens is 771 g/mol. The van der Waals surface area contributed by atoms with Crippen LogP contribution in [0.1, 0.15) is 26.2 Å². The number of amides is 2. The number of aromatic nitrogens is 2. The summed E-state index contributed by atoms with van der Waals surface area (Å²) in [5.74, 6) is -0.437. The Kier molecular flexibility index (Phi) is 13.3. The van der Waals surface area contributed by atoms with Crippen LogP contribution in [-0.2, 0) is 23.7 Å². The molecule has 0 aliphatic carbocycles. The molecule has 0 saturated carbocycles. The average Bonchev–Trinajstić information content (AvgIpc) is 3.16. The molecule has 11 atom stereocenters. The Bertz CT molecular complexity index is 1900. The number of carbonyl (C=O) groups excluding carboxylic acids is 2. The molecule has 4 heterocycles. The number of halogens is 2. The van der Waals surface area contributed by atoms with Gasteiger partial charge in [-0.25, -0.2) is 9.78 Å². The van der Waals surface area contributed by atoms with Crippen LogP contribution < -0.4 is 15.6 Å². The van der Waals surface area contributed by atoms with E-state index in [0.29, 0.717) is 34.9 Å². The van der Waals surface area contributed by atoms with Crippen molar-refractivity contribution in [2.45, 2.75) is 93.6 Å². The molecule has 8 N–H and O–H groups in total. The van der Waals surface area contributed by atoms with E-state index in [0.717, 1.165) is 13.3 Å². The van der Waals surface area contributed by atoms with Gasteiger partial charge in [0.2, 0.25) is 5.91 Å². The molecule has 3 fully saturated rings. The summed E-state index contributed by atoms with van der Waals surface area (Å²) in [4.78, 5) is 47.1. The summed E-state index contributed by atoms with van der Waals surface area (Å²) in [5, 5.41) is 66.3. The van der Waals surface area contributed by atoms with Gasteiger partial charge in [0.15, 0.2) is 12.6 Å². The number of hydrogen-bond acceptors (Lipinski definition) is 15. The molecule has 6 rings (SSSR count). The van der Waals surface area contributed by atoms with E-state index in [1.165, 1.54) is 29.2 Å². The van der Waals surface area contributed by atoms with Crippen LogP contribution in [0.2, 0.25) is 10.0 Å². The smallest absolute Gasteiger partial charge is 0.409 e. The Balaban J connectivity index is 1.13. The van der Waals surface area contributed by atoms with Crippen molar-refractivity contribution in [2.24, 2.45) is 0 Å². The van der Waals surface area contributed by atoms with Crippen molar-refractivity contribution in [2.75, 3.05) is 26.4 Å². The van der Waals surface area contributed by atoms with E-state index in [1.54, 1.807) is 12.1 Å². The van der Waals surface area contributed by atoms with Gasteiger partial charge in [0, 0.05) is 23.5 Å². The predicted octanol–water partition coefficient (Wildman–Crippen LogP) is 0.0347. The molecule has 0 spiro atoms. The largest absolute Gasteiger partial charge is 0.415 e. The SMILES string of the molecule is CC(=O)N[C@H]1[C@H](O[C@H]2[C@H](O)[C@@H](O)[C@H](OCC3CCCCN3C(=O)Oc3ccc(Cl)cc3-c3nc4ccc(Cl)cc4c(=O)[nH]3)O[C@@H]2CO)O[C@H](CO)[C@@H](O)[C@@H]1O. The van der Waals surface area contributed by atoms with Crippen LogP contribution in [0.5, 0.6) is 5.75 Å². The normalized spacial score (nSPS) is 31.3. The van der Waals surface area contributed by atoms with Gasteiger partial charge in [-0.2, -0.15) is 0 Å². The number of carbonyl (C=O) groups is 2. The molecule has 0 radical (unpaired) electrons. The second-order valence-corrected chi connectivity index (χ2v) is 14.4. The first-order chi connectivity index (χ1) is 26.3. The zero-order valence-electron chi connectivity index (χ0n) is 29.4. The lowest BCUT2D eigenvalue weighted by molar-refractivity contribution is -0.347. The number of nitrogens with zero attached hydrogens (tertiary/aromatic N) is 2. The van der Waals surface area contributed by atoms with Crippen LogP contribution in [0.3, 0.4) is 0 Å². The first-order valence-electron chi connectivity index (χ1n) is 17.6. The van der Waals surface area contributed by atoms with Gasteiger partial charge in [-0.15, -0.1) is 0 Å². The molecule has 0 bridgehead atoms. The van der Waals surface area contributed by atoms with E-state index < -0.39 is 98.2 Å². The highest BCUT2D eigenvalue weighted by atomic mass is 35.5. The number of aromatic amines is 1. The first-order valence-corrected chi connectivity index (χ1v) is 18.3. The molecular formula is C35H42Cl2N4O14. The summed E-state index contributed by atoms with van der Waals surface area (Å²) >= 11 is 12.3. The Morgan fingerprint density at radius 2 is 1.65 bits per heavy atom. The van der Waals surface area contributed by atoms with Crippen LogP contribution in [0.25, 0.3) is 22.3 Å². The minimum absolute atomic E-state index is 0.0668. The summed E-state index contributed by atoms with van der Waals surface area (Å²) in [7, 11) is 0. The number of ether oxygens (including phenoxy) is 5. The standard InChI is InChI=1S/C35H42Cl2N4O14/c1-15(44)38-25-27(46)26(45)23(12-42)52-33(25)55-30-24(13-43)53-34(29(48)28(30)47)51-14-18-4-2-3-9-41(18)35(50)54-22-8-6-17(37)11-20(22)31-39-21-7-5-16(36)10-19(21)32(49)40-31/h5-8,10-11,18,23-30,33-34,42-43,45-48H,2-4,9,12-14H2,1H3,(H,38,44)(H,39,40,49)/t18?,23-,24-,25-,26-,27-,28-,29-,30-,33+,34-/m1/s1. The summed E-state index contributed by atoms with van der Waals surface area (Å²) in [6, 6.07) is 7.22. The van der Waals surface area contributed by atoms with Crippen LogP contribution in [0, 0.1) is 0 Å². The van der Waals surface area contributed by atoms with Crippen LogP contribution >= 0.6 is 23.2 Å². The highest BCUT2D eigenvalue weighted by molar-refractivity contribution is 6.31. The minimum atomic E-state index is -1.77. The molecule has 3 aliphatic rings. The number of fused-ring (bicyclic) bond motifs is 1. The maximum atomic E-state index is 13.7. The summed E-state index contributed by atoms with van der Waals surface area (Å²) in [5.41, 5.74) is 0.147. The number of likely N-dealkylation sites (tertiary alicyclic amines) is 1. The van der Waals surface area contributed by atoms with Crippen LogP contribution in [-0.4, -0.2) is 151 Å². The van der Waals surface area contributed by atoms with Gasteiger partial charge in [0.1, 0.15) is 60.3 Å². The third-order valence-electron chi connectivity index (χ3n) is 9.74. The number of benzene rings is 2. The fourth-order valence-electron chi connectivity index (χ4n) is 6.89. The van der Waals surface area contributed by atoms with Gasteiger partial charge >= 0.3 is 6.09 Å². The maximum absolute atomic E-state index is 13.7. The van der Waals surface area contributed by atoms with Crippen molar-refractivity contribution in [1.29, 1.82) is 0 Å². The zero-order chi connectivity index (χ0) is 39.6. The maximum Gasteiger partial charge on any atom is 0.415 e. The predicted molar refractivity (Wildman–Crippen MR) is 192 cm³/mol. The second-order valence-electron chi connectivity index (χ2n) is 13.5. The van der Waals surface area contributed by atoms with Crippen LogP contribution in [0.15, 0.2) is 41.2 Å². The van der Waals surface area contributed by atoms with Crippen molar-refractivity contribution < 1.29 is 63.9 Å². The first kappa shape index (κ1) is 41.1. The van der Waals surface area contributed by atoms with Gasteiger partial charge in [0.05, 0.1) is 42.3 Å². The molecule has 3 aliphatic heterocycles. The number of rotatable bonds is 10. The fraction of sp³-hybridized carbons (Fsp3) is 0.543. The molecule has 3 saturated heterocycles. The second kappa shape index (κ2) is 17.7. The topological polar surface area (TPSA) is 263 Å². The molecule has 20 heteroatoms. The number of nitrogens with one attached hydrogen (secondary N) is 2. The fourth-order valence-corrected chi connectivity index (χ4v) is 7.23. The number of aliphatic hydroxyl groups excluding tert-OH is 6. The molecule has 1 aromatic heterocycles. The number of piperidine rings is 1. The van der Waals surface area contributed by atoms with Gasteiger partial charge in [-0.1, -0.05) is 23.2 Å². The third kappa shape index (κ3) is 9.06. The quantitative estimate of drug-likeness (QED) is 0.134. The van der Waals surface area contributed by atoms with Crippen molar-refractivity contribution in [3.63, 3.8) is 0 Å². The highest BCUT2D eigenvalue weighted by Gasteiger charge is 2.51. The number of hydrogen-bond donors (Lipinski definition) is 8. The zero-order valence-corrected chi connectivity index (χ0v) is 30.9. The molecule has 300 valence electrons. The van der Waals surface area contributed by atoms with E-state index in [9.17, 15) is 45.0 Å². The molecule has 1 unspecified atom stereocenters. The molecule has 2 aromatic carbocycles. The van der Waals surface area contributed by atoms with E-state index in [4.69, 9.17) is 46.9 Å². The Morgan fingerprint density at radius 1 is 0.945 bits per heavy atom. The van der Waals surface area contributed by atoms with Crippen molar-refractivity contribution in [1.82, 2.24) is 20.2 Å². The van der Waals surface area contributed by atoms with E-state index >= 15 is 0 Å². The summed E-state index contributed by atoms with van der Waals surface area (Å²) < 4.78 is 28.9. The monoisotopic (exact) mass is 812 g/mol. The van der Waals surface area contributed by atoms with E-state index in [2.05, 4.69) is 15.3 Å². The lowest BCUT2D eigenvalue weighted by Crippen LogP contribution is -2.67. The van der Waals surface area contributed by atoms with Crippen molar-refractivity contribution >= 4 is 46.1 Å². The van der Waals surface area contributed by atoms with Gasteiger partial charge in [-0.3, -0.25) is 9.59 Å². The minimum Gasteiger partial charge on any atom is -0.409 e. The number of aliphatic hydroxyl groups is 6. The molecule has 3 aromatic rings. The Morgan fingerprint density at radius 3 is 2.38 bits per heavy atom. The average molecular weight is 814 g/mol. The summed E-state index contributed by atoms with van der Waals surface area (Å²) in [6.07, 6.45) is -12.9.